The van der Waals surface area contributed by atoms with Crippen molar-refractivity contribution in [3.63, 3.8) is 0 Å². The molecule has 0 saturated carbocycles. The van der Waals surface area contributed by atoms with Crippen LogP contribution < -0.4 is 0 Å². The van der Waals surface area contributed by atoms with E-state index in [0.29, 0.717) is 12.6 Å². The molecule has 6 heteroatoms. The minimum absolute atomic E-state index is 0.0457. The number of carboxylic acids is 1. The summed E-state index contributed by atoms with van der Waals surface area (Å²) in [6, 6.07) is 0.294. The summed E-state index contributed by atoms with van der Waals surface area (Å²) in [4.78, 5) is 14.9. The summed E-state index contributed by atoms with van der Waals surface area (Å²) in [5.41, 5.74) is 1.06. The van der Waals surface area contributed by atoms with E-state index in [-0.39, 0.29) is 5.75 Å². The van der Waals surface area contributed by atoms with Crippen molar-refractivity contribution in [2.24, 2.45) is 0 Å². The van der Waals surface area contributed by atoms with E-state index in [1.165, 1.54) is 11.8 Å². The van der Waals surface area contributed by atoms with Gasteiger partial charge in [0, 0.05) is 18.5 Å². The van der Waals surface area contributed by atoms with Crippen LogP contribution in [0.5, 0.6) is 0 Å². The fraction of sp³-hybridized carbons (Fsp3) is 0.636. The summed E-state index contributed by atoms with van der Waals surface area (Å²) in [6.45, 7) is 3.51. The van der Waals surface area contributed by atoms with E-state index in [4.69, 9.17) is 9.84 Å². The van der Waals surface area contributed by atoms with Crippen molar-refractivity contribution in [1.29, 1.82) is 0 Å². The van der Waals surface area contributed by atoms with Gasteiger partial charge in [0.15, 0.2) is 5.16 Å². The number of carbonyl (C=O) groups is 1. The Morgan fingerprint density at radius 2 is 2.59 bits per heavy atom. The van der Waals surface area contributed by atoms with Crippen LogP contribution in [0.3, 0.4) is 0 Å². The van der Waals surface area contributed by atoms with E-state index < -0.39 is 5.97 Å². The maximum atomic E-state index is 10.6. The Kier molecular flexibility index (Phi) is 4.06. The first-order chi connectivity index (χ1) is 8.18. The lowest BCUT2D eigenvalue weighted by atomic mass is 10.1. The zero-order valence-corrected chi connectivity index (χ0v) is 10.6. The second-order valence-electron chi connectivity index (χ2n) is 4.11. The maximum absolute atomic E-state index is 10.6. The molecule has 1 fully saturated rings. The number of aromatic nitrogens is 2. The number of imidazole rings is 1. The van der Waals surface area contributed by atoms with Gasteiger partial charge in [-0.2, -0.15) is 0 Å². The Morgan fingerprint density at radius 3 is 3.24 bits per heavy atom. The van der Waals surface area contributed by atoms with Gasteiger partial charge in [-0.05, 0) is 19.8 Å². The minimum Gasteiger partial charge on any atom is -0.481 e. The second-order valence-corrected chi connectivity index (χ2v) is 5.05. The third kappa shape index (κ3) is 3.01. The van der Waals surface area contributed by atoms with E-state index in [1.54, 1.807) is 6.20 Å². The molecule has 0 amide bonds. The number of carboxylic acid groups (broad SMARTS) is 1. The van der Waals surface area contributed by atoms with Crippen LogP contribution in [0.25, 0.3) is 0 Å². The summed E-state index contributed by atoms with van der Waals surface area (Å²) in [5.74, 6) is -0.772. The Bertz CT molecular complexity index is 399. The largest absolute Gasteiger partial charge is 0.481 e. The van der Waals surface area contributed by atoms with E-state index in [0.717, 1.165) is 30.3 Å². The molecule has 2 heterocycles. The van der Waals surface area contributed by atoms with Crippen molar-refractivity contribution in [1.82, 2.24) is 9.55 Å². The van der Waals surface area contributed by atoms with Gasteiger partial charge in [0.05, 0.1) is 18.4 Å². The molecule has 5 nitrogen and oxygen atoms in total. The number of hydrogen-bond donors (Lipinski definition) is 1. The first-order valence-electron chi connectivity index (χ1n) is 5.64. The Balaban J connectivity index is 2.13. The molecule has 1 aromatic rings. The molecule has 1 saturated heterocycles. The maximum Gasteiger partial charge on any atom is 0.313 e. The van der Waals surface area contributed by atoms with Crippen molar-refractivity contribution < 1.29 is 14.6 Å². The fourth-order valence-electron chi connectivity index (χ4n) is 2.03. The molecule has 2 rings (SSSR count). The van der Waals surface area contributed by atoms with E-state index in [1.807, 2.05) is 6.92 Å². The molecule has 1 atom stereocenters. The SMILES string of the molecule is Cc1cnc(SCC(=O)O)n1C1CCCOC1. The highest BCUT2D eigenvalue weighted by molar-refractivity contribution is 7.99. The van der Waals surface area contributed by atoms with Crippen LogP contribution in [0.1, 0.15) is 24.6 Å². The number of thioether (sulfide) groups is 1. The van der Waals surface area contributed by atoms with E-state index in [2.05, 4.69) is 9.55 Å². The molecule has 0 aromatic carbocycles. The first-order valence-corrected chi connectivity index (χ1v) is 6.63. The van der Waals surface area contributed by atoms with Crippen LogP contribution in [-0.2, 0) is 9.53 Å². The van der Waals surface area contributed by atoms with Crippen LogP contribution in [0.4, 0.5) is 0 Å². The lowest BCUT2D eigenvalue weighted by Gasteiger charge is -2.25. The Hall–Kier alpha value is -1.01. The first kappa shape index (κ1) is 12.4. The highest BCUT2D eigenvalue weighted by atomic mass is 32.2. The van der Waals surface area contributed by atoms with Gasteiger partial charge in [-0.15, -0.1) is 0 Å². The number of aryl methyl sites for hydroxylation is 1. The monoisotopic (exact) mass is 256 g/mol. The van der Waals surface area contributed by atoms with Crippen LogP contribution in [0, 0.1) is 6.92 Å². The minimum atomic E-state index is -0.818. The molecule has 1 aliphatic heterocycles. The average Bonchev–Trinajstić information content (AvgIpc) is 2.69. The zero-order valence-electron chi connectivity index (χ0n) is 9.76. The smallest absolute Gasteiger partial charge is 0.313 e. The molecule has 0 bridgehead atoms. The molecule has 0 radical (unpaired) electrons. The molecule has 1 aliphatic rings. The number of rotatable bonds is 4. The summed E-state index contributed by atoms with van der Waals surface area (Å²) in [5, 5.41) is 9.48. The third-order valence-corrected chi connectivity index (χ3v) is 3.73. The highest BCUT2D eigenvalue weighted by Gasteiger charge is 2.21. The standard InChI is InChI=1S/C11H16N2O3S/c1-8-5-12-11(17-7-10(14)15)13(8)9-3-2-4-16-6-9/h5,9H,2-4,6-7H2,1H3,(H,14,15). The third-order valence-electron chi connectivity index (χ3n) is 2.77. The number of ether oxygens (including phenoxy) is 1. The Morgan fingerprint density at radius 1 is 1.76 bits per heavy atom. The lowest BCUT2D eigenvalue weighted by Crippen LogP contribution is -2.22. The lowest BCUT2D eigenvalue weighted by molar-refractivity contribution is -0.133. The average molecular weight is 256 g/mol. The normalized spacial score (nSPS) is 20.4. The van der Waals surface area contributed by atoms with Gasteiger partial charge < -0.3 is 14.4 Å². The van der Waals surface area contributed by atoms with Crippen molar-refractivity contribution in [3.8, 4) is 0 Å². The molecular weight excluding hydrogens is 240 g/mol. The molecule has 17 heavy (non-hydrogen) atoms. The summed E-state index contributed by atoms with van der Waals surface area (Å²) >= 11 is 1.27. The van der Waals surface area contributed by atoms with Gasteiger partial charge in [-0.3, -0.25) is 4.79 Å². The molecule has 0 spiro atoms. The molecule has 0 aliphatic carbocycles. The number of aliphatic carboxylic acids is 1. The van der Waals surface area contributed by atoms with Gasteiger partial charge in [-0.25, -0.2) is 4.98 Å². The quantitative estimate of drug-likeness (QED) is 0.831. The van der Waals surface area contributed by atoms with Crippen molar-refractivity contribution >= 4 is 17.7 Å². The van der Waals surface area contributed by atoms with E-state index >= 15 is 0 Å². The van der Waals surface area contributed by atoms with Gasteiger partial charge in [0.2, 0.25) is 0 Å². The van der Waals surface area contributed by atoms with Crippen molar-refractivity contribution in [2.45, 2.75) is 31.0 Å². The molecule has 1 aromatic heterocycles. The van der Waals surface area contributed by atoms with Gasteiger partial charge in [0.25, 0.3) is 0 Å². The van der Waals surface area contributed by atoms with Crippen LogP contribution in [0.2, 0.25) is 0 Å². The topological polar surface area (TPSA) is 64.3 Å². The number of hydrogen-bond acceptors (Lipinski definition) is 4. The fourth-order valence-corrected chi connectivity index (χ4v) is 2.84. The van der Waals surface area contributed by atoms with Crippen LogP contribution in [0.15, 0.2) is 11.4 Å². The van der Waals surface area contributed by atoms with Crippen molar-refractivity contribution in [3.05, 3.63) is 11.9 Å². The Labute approximate surface area is 104 Å². The number of nitrogens with zero attached hydrogens (tertiary/aromatic N) is 2. The molecular formula is C11H16N2O3S. The summed E-state index contributed by atoms with van der Waals surface area (Å²) < 4.78 is 7.57. The second kappa shape index (κ2) is 5.55. The van der Waals surface area contributed by atoms with Gasteiger partial charge in [0.1, 0.15) is 0 Å². The predicted molar refractivity (Wildman–Crippen MR) is 64.4 cm³/mol. The van der Waals surface area contributed by atoms with Gasteiger partial charge >= 0.3 is 5.97 Å². The molecule has 1 unspecified atom stereocenters. The van der Waals surface area contributed by atoms with Gasteiger partial charge in [-0.1, -0.05) is 11.8 Å². The van der Waals surface area contributed by atoms with Crippen LogP contribution in [-0.4, -0.2) is 39.6 Å². The highest BCUT2D eigenvalue weighted by Crippen LogP contribution is 2.27. The summed E-state index contributed by atoms with van der Waals surface area (Å²) in [7, 11) is 0. The van der Waals surface area contributed by atoms with Crippen LogP contribution >= 0.6 is 11.8 Å². The molecule has 94 valence electrons. The summed E-state index contributed by atoms with van der Waals surface area (Å²) in [6.07, 6.45) is 3.90. The molecule has 1 N–H and O–H groups in total. The van der Waals surface area contributed by atoms with E-state index in [9.17, 15) is 4.79 Å². The van der Waals surface area contributed by atoms with Crippen molar-refractivity contribution in [2.75, 3.05) is 19.0 Å². The predicted octanol–water partition coefficient (Wildman–Crippen LogP) is 1.72. The zero-order chi connectivity index (χ0) is 12.3.